The number of carbonyl (C=O) groups excluding carboxylic acids is 1. The molecule has 0 bridgehead atoms. The standard InChI is InChI=1S/C12H11N5O4/c18-8-3-1-7(2-4-8)6-13-16-10(19)5-9-11(20)14-12(21)17-15-9/h1-4,6,18H,5H2,(H,16,19)(H2,14,17,20,21)/b13-6+. The van der Waals surface area contributed by atoms with Crippen LogP contribution in [0.25, 0.3) is 0 Å². The van der Waals surface area contributed by atoms with Gasteiger partial charge in [-0.05, 0) is 29.8 Å². The number of benzene rings is 1. The Kier molecular flexibility index (Phi) is 4.24. The lowest BCUT2D eigenvalue weighted by Gasteiger charge is -1.98. The molecule has 1 aromatic carbocycles. The van der Waals surface area contributed by atoms with E-state index < -0.39 is 17.2 Å². The van der Waals surface area contributed by atoms with Crippen LogP contribution in [0.4, 0.5) is 0 Å². The molecule has 0 aliphatic rings. The highest BCUT2D eigenvalue weighted by Gasteiger charge is 2.08. The van der Waals surface area contributed by atoms with Crippen molar-refractivity contribution in [3.05, 3.63) is 56.4 Å². The number of nitrogens with zero attached hydrogens (tertiary/aromatic N) is 2. The molecule has 0 spiro atoms. The Bertz CT molecular complexity index is 775. The molecule has 0 saturated carbocycles. The van der Waals surface area contributed by atoms with Crippen LogP contribution in [-0.4, -0.2) is 32.4 Å². The van der Waals surface area contributed by atoms with E-state index in [2.05, 4.69) is 15.6 Å². The lowest BCUT2D eigenvalue weighted by atomic mass is 10.2. The van der Waals surface area contributed by atoms with Crippen LogP contribution < -0.4 is 16.7 Å². The number of phenolic OH excluding ortho intramolecular Hbond substituents is 1. The molecule has 0 aliphatic carbocycles. The fourth-order valence-corrected chi connectivity index (χ4v) is 1.42. The predicted octanol–water partition coefficient (Wildman–Crippen LogP) is -1.14. The van der Waals surface area contributed by atoms with Gasteiger partial charge < -0.3 is 5.11 Å². The Balaban J connectivity index is 1.94. The maximum absolute atomic E-state index is 11.5. The molecule has 0 atom stereocenters. The molecule has 4 N–H and O–H groups in total. The molecular formula is C12H11N5O4. The molecule has 2 aromatic rings. The van der Waals surface area contributed by atoms with Gasteiger partial charge in [0.15, 0.2) is 0 Å². The molecule has 0 unspecified atom stereocenters. The summed E-state index contributed by atoms with van der Waals surface area (Å²) < 4.78 is 0. The van der Waals surface area contributed by atoms with Crippen LogP contribution in [-0.2, 0) is 11.2 Å². The van der Waals surface area contributed by atoms with Crippen molar-refractivity contribution in [2.75, 3.05) is 0 Å². The zero-order chi connectivity index (χ0) is 15.2. The number of rotatable bonds is 4. The molecule has 1 aromatic heterocycles. The Labute approximate surface area is 117 Å². The molecule has 0 saturated heterocycles. The average Bonchev–Trinajstić information content (AvgIpc) is 2.44. The van der Waals surface area contributed by atoms with E-state index in [1.54, 1.807) is 12.1 Å². The minimum absolute atomic E-state index is 0.119. The third kappa shape index (κ3) is 4.13. The number of hydrogen-bond donors (Lipinski definition) is 4. The predicted molar refractivity (Wildman–Crippen MR) is 73.0 cm³/mol. The minimum atomic E-state index is -0.741. The topological polar surface area (TPSA) is 140 Å². The van der Waals surface area contributed by atoms with Crippen molar-refractivity contribution in [1.82, 2.24) is 20.6 Å². The lowest BCUT2D eigenvalue weighted by molar-refractivity contribution is -0.120. The molecular weight excluding hydrogens is 278 g/mol. The quantitative estimate of drug-likeness (QED) is 0.416. The fraction of sp³-hybridized carbons (Fsp3) is 0.0833. The Morgan fingerprint density at radius 1 is 1.33 bits per heavy atom. The average molecular weight is 289 g/mol. The van der Waals surface area contributed by atoms with E-state index in [0.29, 0.717) is 5.56 Å². The summed E-state index contributed by atoms with van der Waals surface area (Å²) >= 11 is 0. The summed E-state index contributed by atoms with van der Waals surface area (Å²) in [5.41, 5.74) is 1.31. The van der Waals surface area contributed by atoms with Crippen LogP contribution in [0.3, 0.4) is 0 Å². The molecule has 2 rings (SSSR count). The number of aromatic hydroxyl groups is 1. The molecule has 0 radical (unpaired) electrons. The first kappa shape index (κ1) is 14.2. The summed E-state index contributed by atoms with van der Waals surface area (Å²) in [5.74, 6) is -0.436. The van der Waals surface area contributed by atoms with Gasteiger partial charge in [-0.3, -0.25) is 14.6 Å². The number of carbonyl (C=O) groups is 1. The second kappa shape index (κ2) is 6.28. The summed E-state index contributed by atoms with van der Waals surface area (Å²) in [6, 6.07) is 6.18. The number of amides is 1. The van der Waals surface area contributed by atoms with Gasteiger partial charge in [-0.1, -0.05) is 0 Å². The van der Waals surface area contributed by atoms with Gasteiger partial charge >= 0.3 is 5.69 Å². The molecule has 0 aliphatic heterocycles. The first-order valence-corrected chi connectivity index (χ1v) is 5.83. The first-order chi connectivity index (χ1) is 10.0. The van der Waals surface area contributed by atoms with E-state index in [-0.39, 0.29) is 17.9 Å². The molecule has 21 heavy (non-hydrogen) atoms. The summed E-state index contributed by atoms with van der Waals surface area (Å²) in [6.45, 7) is 0. The zero-order valence-corrected chi connectivity index (χ0v) is 10.7. The maximum Gasteiger partial charge on any atom is 0.342 e. The van der Waals surface area contributed by atoms with E-state index in [9.17, 15) is 14.4 Å². The normalized spacial score (nSPS) is 10.7. The number of hydrazone groups is 1. The van der Waals surface area contributed by atoms with Crippen molar-refractivity contribution in [1.29, 1.82) is 0 Å². The summed E-state index contributed by atoms with van der Waals surface area (Å²) in [6.07, 6.45) is 1.06. The monoisotopic (exact) mass is 289 g/mol. The lowest BCUT2D eigenvalue weighted by Crippen LogP contribution is -2.31. The van der Waals surface area contributed by atoms with Crippen molar-refractivity contribution in [2.45, 2.75) is 6.42 Å². The number of hydrogen-bond acceptors (Lipinski definition) is 6. The summed E-state index contributed by atoms with van der Waals surface area (Å²) in [4.78, 5) is 35.6. The molecule has 108 valence electrons. The first-order valence-electron chi connectivity index (χ1n) is 5.83. The van der Waals surface area contributed by atoms with Crippen LogP contribution >= 0.6 is 0 Å². The maximum atomic E-state index is 11.5. The number of nitrogens with one attached hydrogen (secondary N) is 3. The number of aromatic nitrogens is 3. The number of aromatic amines is 2. The van der Waals surface area contributed by atoms with Crippen molar-refractivity contribution < 1.29 is 9.90 Å². The Morgan fingerprint density at radius 2 is 2.05 bits per heavy atom. The van der Waals surface area contributed by atoms with Crippen molar-refractivity contribution in [2.24, 2.45) is 5.10 Å². The highest BCUT2D eigenvalue weighted by atomic mass is 16.3. The van der Waals surface area contributed by atoms with Gasteiger partial charge in [-0.2, -0.15) is 10.2 Å². The van der Waals surface area contributed by atoms with Gasteiger partial charge in [0.1, 0.15) is 11.4 Å². The Hall–Kier alpha value is -3.23. The van der Waals surface area contributed by atoms with Gasteiger partial charge in [0.05, 0.1) is 12.6 Å². The van der Waals surface area contributed by atoms with Gasteiger partial charge in [0.25, 0.3) is 5.56 Å². The van der Waals surface area contributed by atoms with Crippen molar-refractivity contribution >= 4 is 12.1 Å². The van der Waals surface area contributed by atoms with Crippen molar-refractivity contribution in [3.63, 3.8) is 0 Å². The van der Waals surface area contributed by atoms with Crippen LogP contribution in [0.1, 0.15) is 11.3 Å². The van der Waals surface area contributed by atoms with Gasteiger partial charge in [-0.25, -0.2) is 15.3 Å². The van der Waals surface area contributed by atoms with Crippen LogP contribution in [0.5, 0.6) is 5.75 Å². The Morgan fingerprint density at radius 3 is 2.71 bits per heavy atom. The molecule has 9 heteroatoms. The second-order valence-corrected chi connectivity index (χ2v) is 4.02. The smallest absolute Gasteiger partial charge is 0.342 e. The zero-order valence-electron chi connectivity index (χ0n) is 10.7. The second-order valence-electron chi connectivity index (χ2n) is 4.02. The van der Waals surface area contributed by atoms with Crippen LogP contribution in [0.2, 0.25) is 0 Å². The van der Waals surface area contributed by atoms with Gasteiger partial charge in [-0.15, -0.1) is 0 Å². The van der Waals surface area contributed by atoms with E-state index in [1.807, 2.05) is 10.1 Å². The molecule has 0 fully saturated rings. The highest BCUT2D eigenvalue weighted by molar-refractivity contribution is 5.83. The van der Waals surface area contributed by atoms with Crippen LogP contribution in [0, 0.1) is 0 Å². The van der Waals surface area contributed by atoms with Gasteiger partial charge in [0.2, 0.25) is 5.91 Å². The molecule has 1 heterocycles. The van der Waals surface area contributed by atoms with E-state index in [0.717, 1.165) is 0 Å². The van der Waals surface area contributed by atoms with Crippen LogP contribution in [0.15, 0.2) is 39.0 Å². The third-order valence-corrected chi connectivity index (χ3v) is 2.41. The number of H-pyrrole nitrogens is 2. The highest BCUT2D eigenvalue weighted by Crippen LogP contribution is 2.07. The largest absolute Gasteiger partial charge is 0.508 e. The minimum Gasteiger partial charge on any atom is -0.508 e. The van der Waals surface area contributed by atoms with Gasteiger partial charge in [0, 0.05) is 0 Å². The van der Waals surface area contributed by atoms with E-state index in [1.165, 1.54) is 18.3 Å². The van der Waals surface area contributed by atoms with E-state index >= 15 is 0 Å². The molecule has 1 amide bonds. The number of phenols is 1. The fourth-order valence-electron chi connectivity index (χ4n) is 1.42. The van der Waals surface area contributed by atoms with E-state index in [4.69, 9.17) is 5.11 Å². The SMILES string of the molecule is O=C(Cc1n[nH]c(=O)[nH]c1=O)N/N=C/c1ccc(O)cc1. The summed E-state index contributed by atoms with van der Waals surface area (Å²) in [7, 11) is 0. The molecule has 9 nitrogen and oxygen atoms in total. The van der Waals surface area contributed by atoms with Crippen molar-refractivity contribution in [3.8, 4) is 5.75 Å². The third-order valence-electron chi connectivity index (χ3n) is 2.41. The summed E-state index contributed by atoms with van der Waals surface area (Å²) in [5, 5.41) is 18.3.